The molecule has 1 amide bonds. The monoisotopic (exact) mass is 346 g/mol. The van der Waals surface area contributed by atoms with Crippen LogP contribution in [0.4, 0.5) is 4.39 Å². The summed E-state index contributed by atoms with van der Waals surface area (Å²) in [7, 11) is 1.57. The fraction of sp³-hybridized carbons (Fsp3) is 0.562. The molecule has 2 N–H and O–H groups in total. The summed E-state index contributed by atoms with van der Waals surface area (Å²) >= 11 is 0. The smallest absolute Gasteiger partial charge is 0.252 e. The molecule has 1 aromatic carbocycles. The van der Waals surface area contributed by atoms with Crippen molar-refractivity contribution in [2.24, 2.45) is 0 Å². The molecule has 1 atom stereocenters. The zero-order valence-corrected chi connectivity index (χ0v) is 14.2. The Morgan fingerprint density at radius 3 is 2.52 bits per heavy atom. The average molecular weight is 347 g/mol. The highest BCUT2D eigenvalue weighted by Crippen LogP contribution is 2.22. The van der Waals surface area contributed by atoms with Crippen LogP contribution in [0.1, 0.15) is 19.8 Å². The van der Waals surface area contributed by atoms with Crippen molar-refractivity contribution in [2.45, 2.75) is 31.5 Å². The van der Waals surface area contributed by atoms with Gasteiger partial charge in [-0.15, -0.1) is 12.4 Å². The third-order valence-corrected chi connectivity index (χ3v) is 3.92. The van der Waals surface area contributed by atoms with Crippen molar-refractivity contribution in [1.29, 1.82) is 0 Å². The first-order valence-corrected chi connectivity index (χ1v) is 7.52. The summed E-state index contributed by atoms with van der Waals surface area (Å²) < 4.78 is 23.9. The Bertz CT molecular complexity index is 493. The van der Waals surface area contributed by atoms with Crippen LogP contribution in [0, 0.1) is 5.82 Å². The van der Waals surface area contributed by atoms with Gasteiger partial charge in [-0.05, 0) is 57.1 Å². The first-order valence-electron chi connectivity index (χ1n) is 7.52. The molecular weight excluding hydrogens is 323 g/mol. The number of ether oxygens (including phenoxy) is 2. The van der Waals surface area contributed by atoms with Gasteiger partial charge >= 0.3 is 0 Å². The van der Waals surface area contributed by atoms with Crippen LogP contribution in [0.25, 0.3) is 0 Å². The summed E-state index contributed by atoms with van der Waals surface area (Å²) in [6.07, 6.45) is 1.09. The van der Waals surface area contributed by atoms with Gasteiger partial charge in [0, 0.05) is 7.11 Å². The van der Waals surface area contributed by atoms with Gasteiger partial charge in [0.15, 0.2) is 0 Å². The zero-order valence-electron chi connectivity index (χ0n) is 13.4. The topological polar surface area (TPSA) is 59.6 Å². The predicted octanol–water partition coefficient (Wildman–Crippen LogP) is 1.90. The quantitative estimate of drug-likeness (QED) is 0.826. The van der Waals surface area contributed by atoms with E-state index in [1.165, 1.54) is 12.1 Å². The Morgan fingerprint density at radius 2 is 1.96 bits per heavy atom. The molecular formula is C16H24ClFN2O3. The van der Waals surface area contributed by atoms with Crippen molar-refractivity contribution < 1.29 is 18.7 Å². The summed E-state index contributed by atoms with van der Waals surface area (Å²) in [5, 5.41) is 6.10. The average Bonchev–Trinajstić information content (AvgIpc) is 2.55. The van der Waals surface area contributed by atoms with Crippen molar-refractivity contribution >= 4 is 18.3 Å². The SMILES string of the molecule is COC1(C(=O)NCC(C)Oc2ccc(F)cc2)CCNCC1.Cl. The van der Waals surface area contributed by atoms with Crippen LogP contribution < -0.4 is 15.4 Å². The molecule has 1 aliphatic rings. The highest BCUT2D eigenvalue weighted by atomic mass is 35.5. The summed E-state index contributed by atoms with van der Waals surface area (Å²) in [6.45, 7) is 3.76. The molecule has 0 saturated carbocycles. The van der Waals surface area contributed by atoms with Crippen molar-refractivity contribution in [3.8, 4) is 5.75 Å². The van der Waals surface area contributed by atoms with E-state index < -0.39 is 5.60 Å². The number of carbonyl (C=O) groups is 1. The first kappa shape index (κ1) is 19.7. The van der Waals surface area contributed by atoms with Crippen LogP contribution >= 0.6 is 12.4 Å². The maximum atomic E-state index is 12.8. The van der Waals surface area contributed by atoms with Crippen molar-refractivity contribution in [2.75, 3.05) is 26.7 Å². The van der Waals surface area contributed by atoms with Gasteiger partial charge in [0.05, 0.1) is 6.54 Å². The van der Waals surface area contributed by atoms with Gasteiger partial charge in [0.25, 0.3) is 5.91 Å². The Labute approximate surface area is 142 Å². The van der Waals surface area contributed by atoms with Crippen LogP contribution in [-0.2, 0) is 9.53 Å². The molecule has 0 spiro atoms. The molecule has 23 heavy (non-hydrogen) atoms. The van der Waals surface area contributed by atoms with E-state index in [0.29, 0.717) is 25.1 Å². The van der Waals surface area contributed by atoms with Crippen LogP contribution in [0.3, 0.4) is 0 Å². The first-order chi connectivity index (χ1) is 10.6. The maximum Gasteiger partial charge on any atom is 0.252 e. The van der Waals surface area contributed by atoms with Crippen LogP contribution in [0.2, 0.25) is 0 Å². The second-order valence-corrected chi connectivity index (χ2v) is 5.54. The molecule has 130 valence electrons. The van der Waals surface area contributed by atoms with Gasteiger partial charge in [-0.25, -0.2) is 4.39 Å². The number of amides is 1. The Hall–Kier alpha value is -1.37. The third kappa shape index (κ3) is 5.34. The molecule has 1 fully saturated rings. The van der Waals surface area contributed by atoms with E-state index in [4.69, 9.17) is 9.47 Å². The molecule has 1 heterocycles. The Kier molecular flexibility index (Phi) is 7.75. The van der Waals surface area contributed by atoms with Crippen molar-refractivity contribution in [3.63, 3.8) is 0 Å². The van der Waals surface area contributed by atoms with Gasteiger partial charge in [-0.1, -0.05) is 0 Å². The Morgan fingerprint density at radius 1 is 1.35 bits per heavy atom. The summed E-state index contributed by atoms with van der Waals surface area (Å²) in [6, 6.07) is 5.82. The van der Waals surface area contributed by atoms with E-state index in [1.807, 2.05) is 6.92 Å². The summed E-state index contributed by atoms with van der Waals surface area (Å²) in [5.41, 5.74) is -0.749. The van der Waals surface area contributed by atoms with Crippen LogP contribution in [0.15, 0.2) is 24.3 Å². The van der Waals surface area contributed by atoms with Crippen LogP contribution in [-0.4, -0.2) is 44.4 Å². The lowest BCUT2D eigenvalue weighted by Crippen LogP contribution is -2.55. The molecule has 7 heteroatoms. The molecule has 1 aromatic rings. The highest BCUT2D eigenvalue weighted by Gasteiger charge is 2.39. The number of nitrogens with one attached hydrogen (secondary N) is 2. The fourth-order valence-electron chi connectivity index (χ4n) is 2.54. The minimum atomic E-state index is -0.749. The molecule has 0 aliphatic carbocycles. The van der Waals surface area contributed by atoms with Gasteiger partial charge in [-0.3, -0.25) is 4.79 Å². The number of methoxy groups -OCH3 is 1. The highest BCUT2D eigenvalue weighted by molar-refractivity contribution is 5.85. The predicted molar refractivity (Wildman–Crippen MR) is 88.6 cm³/mol. The lowest BCUT2D eigenvalue weighted by Gasteiger charge is -2.35. The molecule has 0 aromatic heterocycles. The number of carbonyl (C=O) groups excluding carboxylic acids is 1. The zero-order chi connectivity index (χ0) is 16.0. The van der Waals surface area contributed by atoms with E-state index in [9.17, 15) is 9.18 Å². The molecule has 2 rings (SSSR count). The lowest BCUT2D eigenvalue weighted by molar-refractivity contribution is -0.147. The van der Waals surface area contributed by atoms with Gasteiger partial charge in [0.1, 0.15) is 23.3 Å². The Balaban J connectivity index is 0.00000264. The minimum absolute atomic E-state index is 0. The molecule has 0 radical (unpaired) electrons. The van der Waals surface area contributed by atoms with E-state index >= 15 is 0 Å². The molecule has 5 nitrogen and oxygen atoms in total. The minimum Gasteiger partial charge on any atom is -0.489 e. The normalized spacial score (nSPS) is 17.7. The summed E-state index contributed by atoms with van der Waals surface area (Å²) in [4.78, 5) is 12.4. The number of benzene rings is 1. The van der Waals surface area contributed by atoms with Gasteiger partial charge in [0.2, 0.25) is 0 Å². The molecule has 1 saturated heterocycles. The largest absolute Gasteiger partial charge is 0.489 e. The number of halogens is 2. The standard InChI is InChI=1S/C16H23FN2O3.ClH/c1-12(22-14-5-3-13(17)4-6-14)11-19-15(20)16(21-2)7-9-18-10-8-16;/h3-6,12,18H,7-11H2,1-2H3,(H,19,20);1H. The second-order valence-electron chi connectivity index (χ2n) is 5.54. The van der Waals surface area contributed by atoms with Crippen molar-refractivity contribution in [3.05, 3.63) is 30.1 Å². The molecule has 1 unspecified atom stereocenters. The van der Waals surface area contributed by atoms with Gasteiger partial charge in [-0.2, -0.15) is 0 Å². The fourth-order valence-corrected chi connectivity index (χ4v) is 2.54. The second kappa shape index (κ2) is 9.05. The molecule has 0 bridgehead atoms. The molecule has 1 aliphatic heterocycles. The number of rotatable bonds is 6. The van der Waals surface area contributed by atoms with E-state index in [-0.39, 0.29) is 30.2 Å². The van der Waals surface area contributed by atoms with Gasteiger partial charge < -0.3 is 20.1 Å². The van der Waals surface area contributed by atoms with Crippen molar-refractivity contribution in [1.82, 2.24) is 10.6 Å². The number of hydrogen-bond acceptors (Lipinski definition) is 4. The third-order valence-electron chi connectivity index (χ3n) is 3.92. The number of hydrogen-bond donors (Lipinski definition) is 2. The van der Waals surface area contributed by atoms with E-state index in [1.54, 1.807) is 19.2 Å². The van der Waals surface area contributed by atoms with E-state index in [0.717, 1.165) is 13.1 Å². The number of piperidine rings is 1. The lowest BCUT2D eigenvalue weighted by atomic mass is 9.91. The van der Waals surface area contributed by atoms with E-state index in [2.05, 4.69) is 10.6 Å². The maximum absolute atomic E-state index is 12.8. The summed E-state index contributed by atoms with van der Waals surface area (Å²) in [5.74, 6) is 0.166. The van der Waals surface area contributed by atoms with Crippen LogP contribution in [0.5, 0.6) is 5.75 Å².